The molecule has 4 rings (SSSR count). The number of carbonyl (C=O) groups excluding carboxylic acids is 2. The zero-order valence-corrected chi connectivity index (χ0v) is 19.7. The van der Waals surface area contributed by atoms with Crippen LogP contribution in [0.3, 0.4) is 0 Å². The number of amides is 2. The molecule has 2 aliphatic rings. The van der Waals surface area contributed by atoms with Crippen molar-refractivity contribution in [3.05, 3.63) is 59.7 Å². The van der Waals surface area contributed by atoms with Crippen molar-refractivity contribution in [2.75, 3.05) is 13.2 Å². The molecule has 0 saturated carbocycles. The maximum Gasteiger partial charge on any atom is 0.407 e. The van der Waals surface area contributed by atoms with Crippen molar-refractivity contribution < 1.29 is 24.2 Å². The van der Waals surface area contributed by atoms with Crippen molar-refractivity contribution in [3.63, 3.8) is 0 Å². The number of piperidine rings is 1. The van der Waals surface area contributed by atoms with Crippen LogP contribution in [-0.2, 0) is 14.3 Å². The third-order valence-electron chi connectivity index (χ3n) is 6.87. The van der Waals surface area contributed by atoms with Gasteiger partial charge in [0, 0.05) is 18.5 Å². The summed E-state index contributed by atoms with van der Waals surface area (Å²) in [7, 11) is 0. The molecular formula is C27H32N2O5. The van der Waals surface area contributed by atoms with Crippen molar-refractivity contribution in [3.8, 4) is 11.1 Å². The van der Waals surface area contributed by atoms with E-state index in [1.54, 1.807) is 4.90 Å². The van der Waals surface area contributed by atoms with Gasteiger partial charge in [0.25, 0.3) is 0 Å². The molecule has 2 amide bonds. The summed E-state index contributed by atoms with van der Waals surface area (Å²) in [6.45, 7) is 4.40. The zero-order chi connectivity index (χ0) is 24.2. The Balaban J connectivity index is 1.43. The van der Waals surface area contributed by atoms with E-state index in [4.69, 9.17) is 4.74 Å². The van der Waals surface area contributed by atoms with Gasteiger partial charge in [0.1, 0.15) is 12.6 Å². The maximum atomic E-state index is 13.3. The molecule has 0 spiro atoms. The summed E-state index contributed by atoms with van der Waals surface area (Å²) >= 11 is 0. The van der Waals surface area contributed by atoms with Crippen LogP contribution in [0.15, 0.2) is 48.5 Å². The van der Waals surface area contributed by atoms with E-state index in [2.05, 4.69) is 29.6 Å². The first-order valence-electron chi connectivity index (χ1n) is 12.0. The van der Waals surface area contributed by atoms with Gasteiger partial charge in [-0.05, 0) is 47.4 Å². The Bertz CT molecular complexity index is 1020. The number of carbonyl (C=O) groups is 3. The number of alkyl carbamates (subject to hydrolysis) is 1. The molecule has 2 atom stereocenters. The normalized spacial score (nSPS) is 18.2. The number of carboxylic acids is 1. The second-order valence-corrected chi connectivity index (χ2v) is 9.47. The number of benzene rings is 2. The van der Waals surface area contributed by atoms with E-state index in [0.29, 0.717) is 13.0 Å². The average molecular weight is 465 g/mol. The van der Waals surface area contributed by atoms with Crippen LogP contribution in [0.2, 0.25) is 0 Å². The lowest BCUT2D eigenvalue weighted by Crippen LogP contribution is -2.55. The molecular weight excluding hydrogens is 432 g/mol. The van der Waals surface area contributed by atoms with Crippen LogP contribution < -0.4 is 5.32 Å². The lowest BCUT2D eigenvalue weighted by atomic mass is 9.95. The molecule has 1 saturated heterocycles. The van der Waals surface area contributed by atoms with Crippen molar-refractivity contribution in [1.29, 1.82) is 0 Å². The Kier molecular flexibility index (Phi) is 7.20. The molecule has 0 radical (unpaired) electrons. The highest BCUT2D eigenvalue weighted by molar-refractivity contribution is 5.87. The number of fused-ring (bicyclic) bond motifs is 3. The molecule has 0 aromatic heterocycles. The first-order chi connectivity index (χ1) is 16.4. The van der Waals surface area contributed by atoms with Crippen LogP contribution in [0.1, 0.15) is 56.6 Å². The Labute approximate surface area is 200 Å². The van der Waals surface area contributed by atoms with Gasteiger partial charge in [0.05, 0.1) is 6.42 Å². The van der Waals surface area contributed by atoms with E-state index >= 15 is 0 Å². The van der Waals surface area contributed by atoms with E-state index in [1.165, 1.54) is 0 Å². The summed E-state index contributed by atoms with van der Waals surface area (Å²) in [6.07, 6.45) is 1.67. The number of hydrogen-bond acceptors (Lipinski definition) is 4. The minimum atomic E-state index is -0.921. The van der Waals surface area contributed by atoms with Crippen molar-refractivity contribution in [1.82, 2.24) is 10.2 Å². The number of ether oxygens (including phenoxy) is 1. The zero-order valence-electron chi connectivity index (χ0n) is 19.7. The van der Waals surface area contributed by atoms with E-state index in [-0.39, 0.29) is 36.8 Å². The highest BCUT2D eigenvalue weighted by Gasteiger charge is 2.35. The fourth-order valence-corrected chi connectivity index (χ4v) is 5.16. The van der Waals surface area contributed by atoms with Crippen LogP contribution in [0, 0.1) is 5.92 Å². The molecule has 2 aromatic carbocycles. The summed E-state index contributed by atoms with van der Waals surface area (Å²) in [5, 5.41) is 12.0. The monoisotopic (exact) mass is 464 g/mol. The van der Waals surface area contributed by atoms with Gasteiger partial charge in [0.15, 0.2) is 0 Å². The molecule has 0 unspecified atom stereocenters. The van der Waals surface area contributed by atoms with Gasteiger partial charge in [-0.3, -0.25) is 9.59 Å². The minimum absolute atomic E-state index is 0.0617. The number of nitrogens with zero attached hydrogens (tertiary/aromatic N) is 1. The van der Waals surface area contributed by atoms with Crippen molar-refractivity contribution in [2.24, 2.45) is 5.92 Å². The molecule has 0 bridgehead atoms. The van der Waals surface area contributed by atoms with Crippen LogP contribution in [-0.4, -0.2) is 53.2 Å². The molecule has 1 aliphatic heterocycles. The number of likely N-dealkylation sites (tertiary alicyclic amines) is 1. The highest BCUT2D eigenvalue weighted by atomic mass is 16.5. The second-order valence-electron chi connectivity index (χ2n) is 9.47. The van der Waals surface area contributed by atoms with E-state index < -0.39 is 18.1 Å². The summed E-state index contributed by atoms with van der Waals surface area (Å²) in [5.41, 5.74) is 4.55. The molecule has 7 nitrogen and oxygen atoms in total. The predicted octanol–water partition coefficient (Wildman–Crippen LogP) is 4.41. The molecule has 1 aliphatic carbocycles. The summed E-state index contributed by atoms with van der Waals surface area (Å²) < 4.78 is 5.63. The molecule has 1 fully saturated rings. The van der Waals surface area contributed by atoms with Crippen LogP contribution in [0.4, 0.5) is 4.79 Å². The third kappa shape index (κ3) is 4.93. The Morgan fingerprint density at radius 2 is 1.65 bits per heavy atom. The molecule has 2 N–H and O–H groups in total. The van der Waals surface area contributed by atoms with Crippen LogP contribution in [0.5, 0.6) is 0 Å². The second kappa shape index (κ2) is 10.3. The molecule has 2 aromatic rings. The lowest BCUT2D eigenvalue weighted by molar-refractivity contribution is -0.143. The van der Waals surface area contributed by atoms with Gasteiger partial charge in [-0.1, -0.05) is 62.4 Å². The first-order valence-corrected chi connectivity index (χ1v) is 12.0. The molecule has 34 heavy (non-hydrogen) atoms. The lowest BCUT2D eigenvalue weighted by Gasteiger charge is -2.38. The number of carboxylic acid groups (broad SMARTS) is 1. The number of aliphatic carboxylic acids is 1. The standard InChI is InChI=1S/C27H32N2O5/c1-17(2)25(26(32)29-14-8-7-9-18(29)15-24(30)31)28-27(33)34-16-23-21-12-5-3-10-19(21)20-11-4-6-13-22(20)23/h3-6,10-13,17-18,23,25H,7-9,14-16H2,1-2H3,(H,28,33)(H,30,31)/t18-,25+/m0/s1. The maximum absolute atomic E-state index is 13.3. The topological polar surface area (TPSA) is 95.9 Å². The third-order valence-corrected chi connectivity index (χ3v) is 6.87. The van der Waals surface area contributed by atoms with E-state index in [9.17, 15) is 19.5 Å². The van der Waals surface area contributed by atoms with Crippen LogP contribution in [0.25, 0.3) is 11.1 Å². The fraction of sp³-hybridized carbons (Fsp3) is 0.444. The van der Waals surface area contributed by atoms with Crippen molar-refractivity contribution >= 4 is 18.0 Å². The predicted molar refractivity (Wildman–Crippen MR) is 128 cm³/mol. The number of rotatable bonds is 7. The van der Waals surface area contributed by atoms with E-state index in [0.717, 1.165) is 35.1 Å². The highest BCUT2D eigenvalue weighted by Crippen LogP contribution is 2.44. The first kappa shape index (κ1) is 23.8. The number of hydrogen-bond donors (Lipinski definition) is 2. The van der Waals surface area contributed by atoms with Gasteiger partial charge >= 0.3 is 12.1 Å². The van der Waals surface area contributed by atoms with Gasteiger partial charge in [-0.2, -0.15) is 0 Å². The van der Waals surface area contributed by atoms with E-state index in [1.807, 2.05) is 38.1 Å². The largest absolute Gasteiger partial charge is 0.481 e. The molecule has 180 valence electrons. The Hall–Kier alpha value is -3.35. The SMILES string of the molecule is CC(C)[C@@H](NC(=O)OCC1c2ccccc2-c2ccccc21)C(=O)N1CCCC[C@H]1CC(=O)O. The Morgan fingerprint density at radius 3 is 2.24 bits per heavy atom. The minimum Gasteiger partial charge on any atom is -0.481 e. The smallest absolute Gasteiger partial charge is 0.407 e. The molecule has 1 heterocycles. The fourth-order valence-electron chi connectivity index (χ4n) is 5.16. The summed E-state index contributed by atoms with van der Waals surface area (Å²) in [5.74, 6) is -1.39. The summed E-state index contributed by atoms with van der Waals surface area (Å²) in [6, 6.07) is 15.1. The molecule has 7 heteroatoms. The quantitative estimate of drug-likeness (QED) is 0.633. The van der Waals surface area contributed by atoms with Gasteiger partial charge in [0.2, 0.25) is 5.91 Å². The van der Waals surface area contributed by atoms with Crippen LogP contribution >= 0.6 is 0 Å². The van der Waals surface area contributed by atoms with Gasteiger partial charge < -0.3 is 20.1 Å². The van der Waals surface area contributed by atoms with Gasteiger partial charge in [-0.15, -0.1) is 0 Å². The summed E-state index contributed by atoms with van der Waals surface area (Å²) in [4.78, 5) is 39.0. The van der Waals surface area contributed by atoms with Gasteiger partial charge in [-0.25, -0.2) is 4.79 Å². The van der Waals surface area contributed by atoms with Crippen molar-refractivity contribution in [2.45, 2.75) is 57.5 Å². The Morgan fingerprint density at radius 1 is 1.03 bits per heavy atom. The average Bonchev–Trinajstić information content (AvgIpc) is 3.14. The number of nitrogens with one attached hydrogen (secondary N) is 1.